The Balaban J connectivity index is 3.04. The van der Waals surface area contributed by atoms with E-state index in [9.17, 15) is 18.0 Å². The SMILES string of the molecule is CC(C(N)=O)(C(=O)O)C1CCS(=O)(=O)C1. The van der Waals surface area contributed by atoms with Gasteiger partial charge in [-0.1, -0.05) is 0 Å². The molecular weight excluding hydrogens is 222 g/mol. The Labute approximate surface area is 87.4 Å². The second kappa shape index (κ2) is 3.48. The van der Waals surface area contributed by atoms with Gasteiger partial charge in [-0.05, 0) is 19.3 Å². The summed E-state index contributed by atoms with van der Waals surface area (Å²) in [4.78, 5) is 22.1. The third-order valence-corrected chi connectivity index (χ3v) is 4.77. The summed E-state index contributed by atoms with van der Waals surface area (Å²) in [5.74, 6) is -3.43. The molecule has 1 aliphatic heterocycles. The Bertz CT molecular complexity index is 385. The van der Waals surface area contributed by atoms with Gasteiger partial charge in [-0.15, -0.1) is 0 Å². The van der Waals surface area contributed by atoms with Crippen LogP contribution in [0.4, 0.5) is 0 Å². The molecule has 3 N–H and O–H groups in total. The number of rotatable bonds is 3. The molecule has 0 aromatic heterocycles. The number of carboxylic acids is 1. The Kier molecular flexibility index (Phi) is 2.77. The van der Waals surface area contributed by atoms with Crippen molar-refractivity contribution in [1.82, 2.24) is 0 Å². The molecule has 0 radical (unpaired) electrons. The molecule has 0 spiro atoms. The molecule has 0 saturated carbocycles. The Morgan fingerprint density at radius 3 is 2.27 bits per heavy atom. The molecule has 1 heterocycles. The molecule has 0 bridgehead atoms. The van der Waals surface area contributed by atoms with Crippen molar-refractivity contribution in [3.05, 3.63) is 0 Å². The number of carbonyl (C=O) groups is 2. The molecule has 2 atom stereocenters. The zero-order valence-corrected chi connectivity index (χ0v) is 9.08. The molecule has 1 saturated heterocycles. The van der Waals surface area contributed by atoms with Crippen molar-refractivity contribution < 1.29 is 23.1 Å². The molecule has 15 heavy (non-hydrogen) atoms. The van der Waals surface area contributed by atoms with Gasteiger partial charge in [0.25, 0.3) is 0 Å². The first-order chi connectivity index (χ1) is 6.70. The van der Waals surface area contributed by atoms with E-state index in [-0.39, 0.29) is 17.9 Å². The lowest BCUT2D eigenvalue weighted by molar-refractivity contribution is -0.156. The van der Waals surface area contributed by atoms with Crippen LogP contribution in [0.15, 0.2) is 0 Å². The maximum Gasteiger partial charge on any atom is 0.319 e. The van der Waals surface area contributed by atoms with Gasteiger partial charge >= 0.3 is 5.97 Å². The minimum atomic E-state index is -3.22. The van der Waals surface area contributed by atoms with Crippen molar-refractivity contribution >= 4 is 21.7 Å². The number of sulfone groups is 1. The molecule has 1 aliphatic rings. The van der Waals surface area contributed by atoms with Crippen LogP contribution in [0.3, 0.4) is 0 Å². The number of aliphatic carboxylic acids is 1. The lowest BCUT2D eigenvalue weighted by Crippen LogP contribution is -2.47. The summed E-state index contributed by atoms with van der Waals surface area (Å²) in [5.41, 5.74) is 3.24. The van der Waals surface area contributed by atoms with Crippen molar-refractivity contribution in [2.24, 2.45) is 17.1 Å². The lowest BCUT2D eigenvalue weighted by Gasteiger charge is -2.26. The molecule has 0 aromatic carbocycles. The predicted molar refractivity (Wildman–Crippen MR) is 51.7 cm³/mol. The number of primary amides is 1. The highest BCUT2D eigenvalue weighted by Gasteiger charge is 2.51. The van der Waals surface area contributed by atoms with Crippen LogP contribution < -0.4 is 5.73 Å². The number of hydrogen-bond donors (Lipinski definition) is 2. The van der Waals surface area contributed by atoms with Crippen LogP contribution in [0.1, 0.15) is 13.3 Å². The van der Waals surface area contributed by atoms with Crippen molar-refractivity contribution in [1.29, 1.82) is 0 Å². The minimum absolute atomic E-state index is 0.0756. The number of amides is 1. The predicted octanol–water partition coefficient (Wildman–Crippen LogP) is -1.00. The largest absolute Gasteiger partial charge is 0.480 e. The summed E-state index contributed by atoms with van der Waals surface area (Å²) in [6.45, 7) is 1.18. The smallest absolute Gasteiger partial charge is 0.319 e. The maximum absolute atomic E-state index is 11.2. The van der Waals surface area contributed by atoms with Crippen LogP contribution >= 0.6 is 0 Å². The quantitative estimate of drug-likeness (QED) is 0.609. The van der Waals surface area contributed by atoms with Gasteiger partial charge in [0.2, 0.25) is 5.91 Å². The van der Waals surface area contributed by atoms with Crippen LogP contribution in [0, 0.1) is 11.3 Å². The Hall–Kier alpha value is -1.11. The molecule has 1 fully saturated rings. The van der Waals surface area contributed by atoms with Crippen molar-refractivity contribution in [3.8, 4) is 0 Å². The Morgan fingerprint density at radius 1 is 1.47 bits per heavy atom. The fourth-order valence-electron chi connectivity index (χ4n) is 1.73. The van der Waals surface area contributed by atoms with Gasteiger partial charge in [0.05, 0.1) is 11.5 Å². The van der Waals surface area contributed by atoms with Crippen LogP contribution in [-0.4, -0.2) is 36.9 Å². The fourth-order valence-corrected chi connectivity index (χ4v) is 3.65. The number of carboxylic acid groups (broad SMARTS) is 1. The van der Waals surface area contributed by atoms with Gasteiger partial charge in [-0.25, -0.2) is 8.42 Å². The number of nitrogens with two attached hydrogens (primary N) is 1. The van der Waals surface area contributed by atoms with E-state index < -0.39 is 33.0 Å². The first-order valence-corrected chi connectivity index (χ1v) is 6.26. The molecule has 2 unspecified atom stereocenters. The van der Waals surface area contributed by atoms with E-state index in [4.69, 9.17) is 10.8 Å². The summed E-state index contributed by atoms with van der Waals surface area (Å²) < 4.78 is 22.4. The molecule has 7 heteroatoms. The summed E-state index contributed by atoms with van der Waals surface area (Å²) in [6.07, 6.45) is 0.175. The zero-order chi connectivity index (χ0) is 11.9. The van der Waals surface area contributed by atoms with Crippen LogP contribution in [0.25, 0.3) is 0 Å². The van der Waals surface area contributed by atoms with Gasteiger partial charge in [0.1, 0.15) is 5.41 Å². The fraction of sp³-hybridized carbons (Fsp3) is 0.750. The second-order valence-electron chi connectivity index (χ2n) is 3.97. The van der Waals surface area contributed by atoms with Gasteiger partial charge in [0, 0.05) is 0 Å². The highest BCUT2D eigenvalue weighted by atomic mass is 32.2. The zero-order valence-electron chi connectivity index (χ0n) is 8.26. The summed E-state index contributed by atoms with van der Waals surface area (Å²) in [5, 5.41) is 8.94. The second-order valence-corrected chi connectivity index (χ2v) is 6.20. The summed E-state index contributed by atoms with van der Waals surface area (Å²) in [6, 6.07) is 0. The van der Waals surface area contributed by atoms with E-state index in [1.807, 2.05) is 0 Å². The summed E-state index contributed by atoms with van der Waals surface area (Å²) in [7, 11) is -3.22. The topological polar surface area (TPSA) is 115 Å². The highest BCUT2D eigenvalue weighted by molar-refractivity contribution is 7.91. The van der Waals surface area contributed by atoms with Gasteiger partial charge < -0.3 is 10.8 Å². The monoisotopic (exact) mass is 235 g/mol. The average molecular weight is 235 g/mol. The number of carbonyl (C=O) groups excluding carboxylic acids is 1. The first-order valence-electron chi connectivity index (χ1n) is 4.44. The van der Waals surface area contributed by atoms with Gasteiger partial charge in [-0.3, -0.25) is 9.59 Å². The summed E-state index contributed by atoms with van der Waals surface area (Å²) >= 11 is 0. The molecule has 6 nitrogen and oxygen atoms in total. The number of hydrogen-bond acceptors (Lipinski definition) is 4. The van der Waals surface area contributed by atoms with E-state index in [1.165, 1.54) is 6.92 Å². The molecule has 1 rings (SSSR count). The highest BCUT2D eigenvalue weighted by Crippen LogP contribution is 2.35. The van der Waals surface area contributed by atoms with E-state index in [0.717, 1.165) is 0 Å². The standard InChI is InChI=1S/C8H13NO5S/c1-8(6(9)10,7(11)12)5-2-3-15(13,14)4-5/h5H,2-4H2,1H3,(H2,9,10)(H,11,12). The molecule has 86 valence electrons. The average Bonchev–Trinajstić information content (AvgIpc) is 2.44. The Morgan fingerprint density at radius 2 is 2.00 bits per heavy atom. The van der Waals surface area contributed by atoms with Gasteiger partial charge in [0.15, 0.2) is 9.84 Å². The van der Waals surface area contributed by atoms with E-state index >= 15 is 0 Å². The molecule has 1 amide bonds. The van der Waals surface area contributed by atoms with Crippen molar-refractivity contribution in [3.63, 3.8) is 0 Å². The minimum Gasteiger partial charge on any atom is -0.480 e. The third kappa shape index (κ3) is 1.97. The lowest BCUT2D eigenvalue weighted by atomic mass is 9.76. The van der Waals surface area contributed by atoms with E-state index in [1.54, 1.807) is 0 Å². The van der Waals surface area contributed by atoms with Crippen molar-refractivity contribution in [2.75, 3.05) is 11.5 Å². The van der Waals surface area contributed by atoms with Crippen LogP contribution in [0.2, 0.25) is 0 Å². The van der Waals surface area contributed by atoms with Crippen LogP contribution in [0.5, 0.6) is 0 Å². The first kappa shape index (κ1) is 12.0. The molecule has 0 aliphatic carbocycles. The maximum atomic E-state index is 11.2. The van der Waals surface area contributed by atoms with E-state index in [2.05, 4.69) is 0 Å². The van der Waals surface area contributed by atoms with Gasteiger partial charge in [-0.2, -0.15) is 0 Å². The third-order valence-electron chi connectivity index (χ3n) is 3.01. The van der Waals surface area contributed by atoms with E-state index in [0.29, 0.717) is 0 Å². The van der Waals surface area contributed by atoms with Crippen LogP contribution in [-0.2, 0) is 19.4 Å². The molecular formula is C8H13NO5S. The van der Waals surface area contributed by atoms with Crippen molar-refractivity contribution in [2.45, 2.75) is 13.3 Å². The normalized spacial score (nSPS) is 28.2. The molecule has 0 aromatic rings.